The van der Waals surface area contributed by atoms with Crippen molar-refractivity contribution in [2.45, 2.75) is 6.18 Å². The van der Waals surface area contributed by atoms with Gasteiger partial charge in [0.05, 0.1) is 5.56 Å². The summed E-state index contributed by atoms with van der Waals surface area (Å²) in [5.41, 5.74) is -0.580. The highest BCUT2D eigenvalue weighted by Crippen LogP contribution is 2.30. The van der Waals surface area contributed by atoms with Crippen molar-refractivity contribution in [3.63, 3.8) is 0 Å². The number of nitrogens with one attached hydrogen (secondary N) is 1. The Balaban J connectivity index is 1.43. The summed E-state index contributed by atoms with van der Waals surface area (Å²) in [4.78, 5) is 24.4. The highest BCUT2D eigenvalue weighted by Gasteiger charge is 2.30. The second kappa shape index (κ2) is 8.27. The fourth-order valence-electron chi connectivity index (χ4n) is 2.69. The van der Waals surface area contributed by atoms with E-state index in [1.807, 2.05) is 0 Å². The summed E-state index contributed by atoms with van der Waals surface area (Å²) < 4.78 is 45.9. The molecule has 156 valence electrons. The van der Waals surface area contributed by atoms with Gasteiger partial charge in [-0.3, -0.25) is 9.36 Å². The number of ether oxygens (including phenoxy) is 1. The molecule has 4 aromatic rings. The Morgan fingerprint density at radius 2 is 1.84 bits per heavy atom. The third kappa shape index (κ3) is 4.86. The number of anilines is 1. The number of nitrogens with zero attached hydrogens (tertiary/aromatic N) is 4. The van der Waals surface area contributed by atoms with E-state index in [0.29, 0.717) is 23.1 Å². The minimum absolute atomic E-state index is 0.0943. The lowest BCUT2D eigenvalue weighted by Crippen LogP contribution is -2.13. The van der Waals surface area contributed by atoms with Gasteiger partial charge < -0.3 is 10.1 Å². The predicted octanol–water partition coefficient (Wildman–Crippen LogP) is 4.73. The van der Waals surface area contributed by atoms with Crippen molar-refractivity contribution in [3.05, 3.63) is 90.8 Å². The zero-order chi connectivity index (χ0) is 21.8. The molecule has 0 unspecified atom stereocenters. The molecule has 2 heterocycles. The quantitative estimate of drug-likeness (QED) is 0.500. The zero-order valence-electron chi connectivity index (χ0n) is 15.7. The van der Waals surface area contributed by atoms with Gasteiger partial charge in [0.25, 0.3) is 5.91 Å². The van der Waals surface area contributed by atoms with Crippen molar-refractivity contribution in [3.8, 4) is 17.4 Å². The summed E-state index contributed by atoms with van der Waals surface area (Å²) in [5, 5.41) is 2.56. The van der Waals surface area contributed by atoms with E-state index in [4.69, 9.17) is 4.74 Å². The number of aromatic nitrogens is 4. The molecule has 0 aliphatic rings. The van der Waals surface area contributed by atoms with E-state index in [0.717, 1.165) is 12.1 Å². The molecule has 7 nitrogen and oxygen atoms in total. The molecular formula is C21H14F3N5O2. The summed E-state index contributed by atoms with van der Waals surface area (Å²) in [7, 11) is 0. The maximum absolute atomic E-state index is 12.8. The number of rotatable bonds is 5. The first-order valence-electron chi connectivity index (χ1n) is 8.95. The first kappa shape index (κ1) is 20.1. The maximum atomic E-state index is 12.8. The van der Waals surface area contributed by atoms with E-state index in [1.54, 1.807) is 53.6 Å². The molecule has 4 rings (SSSR count). The average molecular weight is 425 g/mol. The topological polar surface area (TPSA) is 81.9 Å². The number of alkyl halides is 3. The smallest absolute Gasteiger partial charge is 0.416 e. The number of hydrogen-bond donors (Lipinski definition) is 1. The van der Waals surface area contributed by atoms with Crippen molar-refractivity contribution < 1.29 is 22.7 Å². The van der Waals surface area contributed by atoms with Gasteiger partial charge in [-0.15, -0.1) is 0 Å². The van der Waals surface area contributed by atoms with Gasteiger partial charge in [0.1, 0.15) is 24.2 Å². The van der Waals surface area contributed by atoms with Gasteiger partial charge in [0.15, 0.2) is 0 Å². The SMILES string of the molecule is O=C(Nc1ccc(Oc2cc(-n3ccnc3)ncn2)cc1)c1cccc(C(F)(F)F)c1. The van der Waals surface area contributed by atoms with Crippen molar-refractivity contribution in [2.24, 2.45) is 0 Å². The van der Waals surface area contributed by atoms with Crippen molar-refractivity contribution in [1.82, 2.24) is 19.5 Å². The minimum atomic E-state index is -4.52. The van der Waals surface area contributed by atoms with Gasteiger partial charge in [-0.1, -0.05) is 6.07 Å². The molecule has 0 atom stereocenters. The fraction of sp³-hybridized carbons (Fsp3) is 0.0476. The average Bonchev–Trinajstić information content (AvgIpc) is 3.30. The van der Waals surface area contributed by atoms with Crippen LogP contribution < -0.4 is 10.1 Å². The Labute approximate surface area is 174 Å². The van der Waals surface area contributed by atoms with Crippen molar-refractivity contribution >= 4 is 11.6 Å². The molecule has 0 saturated carbocycles. The summed E-state index contributed by atoms with van der Waals surface area (Å²) in [6, 6.07) is 12.2. The van der Waals surface area contributed by atoms with E-state index in [9.17, 15) is 18.0 Å². The minimum Gasteiger partial charge on any atom is -0.439 e. The Kier molecular flexibility index (Phi) is 5.35. The van der Waals surface area contributed by atoms with Crippen LogP contribution in [0.25, 0.3) is 5.82 Å². The number of carbonyl (C=O) groups is 1. The molecule has 1 N–H and O–H groups in total. The second-order valence-corrected chi connectivity index (χ2v) is 6.34. The number of imidazole rings is 1. The first-order valence-corrected chi connectivity index (χ1v) is 8.95. The summed E-state index contributed by atoms with van der Waals surface area (Å²) in [5.74, 6) is 0.680. The van der Waals surface area contributed by atoms with Gasteiger partial charge in [0, 0.05) is 29.7 Å². The molecule has 0 spiro atoms. The van der Waals surface area contributed by atoms with Crippen molar-refractivity contribution in [1.29, 1.82) is 0 Å². The third-order valence-electron chi connectivity index (χ3n) is 4.18. The van der Waals surface area contributed by atoms with Crippen LogP contribution in [0.15, 0.2) is 79.6 Å². The normalized spacial score (nSPS) is 11.2. The first-order chi connectivity index (χ1) is 14.9. The molecule has 0 radical (unpaired) electrons. The summed E-state index contributed by atoms with van der Waals surface area (Å²) >= 11 is 0. The molecule has 31 heavy (non-hydrogen) atoms. The zero-order valence-corrected chi connectivity index (χ0v) is 15.7. The second-order valence-electron chi connectivity index (χ2n) is 6.34. The lowest BCUT2D eigenvalue weighted by Gasteiger charge is -2.10. The molecular weight excluding hydrogens is 411 g/mol. The molecule has 1 amide bonds. The van der Waals surface area contributed by atoms with E-state index >= 15 is 0 Å². The molecule has 0 bridgehead atoms. The monoisotopic (exact) mass is 425 g/mol. The predicted molar refractivity (Wildman–Crippen MR) is 105 cm³/mol. The van der Waals surface area contributed by atoms with Crippen LogP contribution in [0.5, 0.6) is 11.6 Å². The Hall–Kier alpha value is -4.21. The van der Waals surface area contributed by atoms with E-state index in [-0.39, 0.29) is 5.56 Å². The lowest BCUT2D eigenvalue weighted by molar-refractivity contribution is -0.137. The number of amides is 1. The highest BCUT2D eigenvalue weighted by molar-refractivity contribution is 6.04. The van der Waals surface area contributed by atoms with Gasteiger partial charge in [-0.25, -0.2) is 15.0 Å². The maximum Gasteiger partial charge on any atom is 0.416 e. The Bertz CT molecular complexity index is 1190. The molecule has 2 aromatic heterocycles. The standard InChI is InChI=1S/C21H14F3N5O2/c22-21(23,24)15-3-1-2-14(10-15)20(30)28-16-4-6-17(7-5-16)31-19-11-18(26-12-27-19)29-9-8-25-13-29/h1-13H,(H,28,30). The number of benzene rings is 2. The van der Waals surface area contributed by atoms with Crippen LogP contribution in [0.3, 0.4) is 0 Å². The molecule has 0 fully saturated rings. The van der Waals surface area contributed by atoms with Crippen LogP contribution in [0.4, 0.5) is 18.9 Å². The van der Waals surface area contributed by atoms with E-state index in [2.05, 4.69) is 20.3 Å². The Morgan fingerprint density at radius 3 is 2.55 bits per heavy atom. The van der Waals surface area contributed by atoms with Crippen LogP contribution in [-0.4, -0.2) is 25.4 Å². The van der Waals surface area contributed by atoms with Gasteiger partial charge in [-0.05, 0) is 42.5 Å². The number of halogens is 3. The number of hydrogen-bond acceptors (Lipinski definition) is 5. The molecule has 0 aliphatic heterocycles. The third-order valence-corrected chi connectivity index (χ3v) is 4.18. The van der Waals surface area contributed by atoms with Crippen LogP contribution in [0, 0.1) is 0 Å². The largest absolute Gasteiger partial charge is 0.439 e. The fourth-order valence-corrected chi connectivity index (χ4v) is 2.69. The summed E-state index contributed by atoms with van der Waals surface area (Å²) in [6.45, 7) is 0. The van der Waals surface area contributed by atoms with Crippen LogP contribution in [0.1, 0.15) is 15.9 Å². The van der Waals surface area contributed by atoms with Gasteiger partial charge >= 0.3 is 6.18 Å². The van der Waals surface area contributed by atoms with E-state index in [1.165, 1.54) is 18.5 Å². The Morgan fingerprint density at radius 1 is 1.03 bits per heavy atom. The molecule has 0 aliphatic carbocycles. The lowest BCUT2D eigenvalue weighted by atomic mass is 10.1. The number of carbonyl (C=O) groups excluding carboxylic acids is 1. The highest BCUT2D eigenvalue weighted by atomic mass is 19.4. The molecule has 2 aromatic carbocycles. The molecule has 0 saturated heterocycles. The van der Waals surface area contributed by atoms with Gasteiger partial charge in [0.2, 0.25) is 5.88 Å². The van der Waals surface area contributed by atoms with Crippen LogP contribution in [0.2, 0.25) is 0 Å². The van der Waals surface area contributed by atoms with E-state index < -0.39 is 17.6 Å². The van der Waals surface area contributed by atoms with Gasteiger partial charge in [-0.2, -0.15) is 13.2 Å². The molecule has 10 heteroatoms. The van der Waals surface area contributed by atoms with Crippen LogP contribution in [-0.2, 0) is 6.18 Å². The summed E-state index contributed by atoms with van der Waals surface area (Å²) in [6.07, 6.45) is 1.78. The van der Waals surface area contributed by atoms with Crippen LogP contribution >= 0.6 is 0 Å². The van der Waals surface area contributed by atoms with Crippen molar-refractivity contribution in [2.75, 3.05) is 5.32 Å².